The Morgan fingerprint density at radius 3 is 2.50 bits per heavy atom. The Balaban J connectivity index is 0.00000144. The molecule has 1 saturated heterocycles. The predicted octanol–water partition coefficient (Wildman–Crippen LogP) is 1.48. The van der Waals surface area contributed by atoms with Gasteiger partial charge in [-0.15, -0.1) is 24.8 Å². The first-order valence-electron chi connectivity index (χ1n) is 6.18. The molecule has 0 spiro atoms. The molecule has 18 heavy (non-hydrogen) atoms. The van der Waals surface area contributed by atoms with Crippen molar-refractivity contribution in [1.29, 1.82) is 0 Å². The van der Waals surface area contributed by atoms with Gasteiger partial charge in [-0.1, -0.05) is 0 Å². The van der Waals surface area contributed by atoms with Gasteiger partial charge in [0.05, 0.1) is 6.20 Å². The molecule has 0 aromatic carbocycles. The van der Waals surface area contributed by atoms with Crippen molar-refractivity contribution in [2.75, 3.05) is 26.2 Å². The van der Waals surface area contributed by atoms with Gasteiger partial charge >= 0.3 is 0 Å². The number of nitrogens with two attached hydrogens (primary N) is 1. The van der Waals surface area contributed by atoms with E-state index in [4.69, 9.17) is 5.73 Å². The van der Waals surface area contributed by atoms with E-state index >= 15 is 0 Å². The second kappa shape index (κ2) is 8.75. The summed E-state index contributed by atoms with van der Waals surface area (Å²) in [5, 5.41) is 4.19. The standard InChI is InChI=1S/C12H22N4.2ClH/c1-15-10-12(9-14-15)4-7-16-5-2-11(8-13)3-6-16;;/h9-11H,2-8,13H2,1H3;2*1H. The van der Waals surface area contributed by atoms with E-state index in [1.807, 2.05) is 17.9 Å². The predicted molar refractivity (Wildman–Crippen MR) is 79.6 cm³/mol. The smallest absolute Gasteiger partial charge is 0.0522 e. The Morgan fingerprint density at radius 2 is 2.00 bits per heavy atom. The van der Waals surface area contributed by atoms with E-state index < -0.39 is 0 Å². The highest BCUT2D eigenvalue weighted by atomic mass is 35.5. The number of hydrogen-bond donors (Lipinski definition) is 1. The number of nitrogens with zero attached hydrogens (tertiary/aromatic N) is 3. The van der Waals surface area contributed by atoms with Crippen LogP contribution in [0.3, 0.4) is 0 Å². The van der Waals surface area contributed by atoms with Crippen molar-refractivity contribution in [1.82, 2.24) is 14.7 Å². The normalized spacial score (nSPS) is 17.0. The van der Waals surface area contributed by atoms with Crippen LogP contribution in [0.25, 0.3) is 0 Å². The fourth-order valence-electron chi connectivity index (χ4n) is 2.33. The summed E-state index contributed by atoms with van der Waals surface area (Å²) >= 11 is 0. The highest BCUT2D eigenvalue weighted by molar-refractivity contribution is 5.85. The van der Waals surface area contributed by atoms with Crippen LogP contribution in [0.15, 0.2) is 12.4 Å². The Hall–Kier alpha value is -0.290. The monoisotopic (exact) mass is 294 g/mol. The molecule has 0 atom stereocenters. The van der Waals surface area contributed by atoms with E-state index in [0.29, 0.717) is 0 Å². The SMILES string of the molecule is Cl.Cl.Cn1cc(CCN2CCC(CN)CC2)cn1. The van der Waals surface area contributed by atoms with Crippen molar-refractivity contribution < 1.29 is 0 Å². The fourth-order valence-corrected chi connectivity index (χ4v) is 2.33. The zero-order chi connectivity index (χ0) is 11.4. The molecule has 0 radical (unpaired) electrons. The molecule has 1 aliphatic heterocycles. The van der Waals surface area contributed by atoms with E-state index in [1.54, 1.807) is 0 Å². The van der Waals surface area contributed by atoms with Crippen LogP contribution in [-0.4, -0.2) is 40.9 Å². The molecule has 1 aromatic heterocycles. The van der Waals surface area contributed by atoms with Crippen molar-refractivity contribution in [2.45, 2.75) is 19.3 Å². The Morgan fingerprint density at radius 1 is 1.33 bits per heavy atom. The minimum absolute atomic E-state index is 0. The summed E-state index contributed by atoms with van der Waals surface area (Å²) in [6, 6.07) is 0. The largest absolute Gasteiger partial charge is 0.330 e. The number of aromatic nitrogens is 2. The maximum absolute atomic E-state index is 5.69. The van der Waals surface area contributed by atoms with Crippen molar-refractivity contribution in [3.8, 4) is 0 Å². The van der Waals surface area contributed by atoms with E-state index in [0.717, 1.165) is 25.4 Å². The van der Waals surface area contributed by atoms with Crippen molar-refractivity contribution in [3.63, 3.8) is 0 Å². The van der Waals surface area contributed by atoms with E-state index in [9.17, 15) is 0 Å². The van der Waals surface area contributed by atoms with Crippen LogP contribution in [0.1, 0.15) is 18.4 Å². The molecule has 1 fully saturated rings. The third-order valence-corrected chi connectivity index (χ3v) is 3.52. The molecule has 0 aliphatic carbocycles. The first-order valence-corrected chi connectivity index (χ1v) is 6.18. The topological polar surface area (TPSA) is 47.1 Å². The molecule has 0 unspecified atom stereocenters. The summed E-state index contributed by atoms with van der Waals surface area (Å²) in [5.74, 6) is 0.759. The van der Waals surface area contributed by atoms with Gasteiger partial charge in [-0.3, -0.25) is 4.68 Å². The highest BCUT2D eigenvalue weighted by Crippen LogP contribution is 2.15. The van der Waals surface area contributed by atoms with Gasteiger partial charge in [0.25, 0.3) is 0 Å². The van der Waals surface area contributed by atoms with Gasteiger partial charge < -0.3 is 10.6 Å². The Bertz CT molecular complexity index is 322. The molecule has 2 heterocycles. The van der Waals surface area contributed by atoms with Gasteiger partial charge in [-0.25, -0.2) is 0 Å². The lowest BCUT2D eigenvalue weighted by atomic mass is 9.97. The average Bonchev–Trinajstić information content (AvgIpc) is 2.73. The zero-order valence-corrected chi connectivity index (χ0v) is 12.6. The molecule has 1 aromatic rings. The van der Waals surface area contributed by atoms with E-state index in [-0.39, 0.29) is 24.8 Å². The minimum Gasteiger partial charge on any atom is -0.330 e. The van der Waals surface area contributed by atoms with Crippen LogP contribution in [0.4, 0.5) is 0 Å². The molecular formula is C12H24Cl2N4. The van der Waals surface area contributed by atoms with Crippen molar-refractivity contribution in [3.05, 3.63) is 18.0 Å². The first kappa shape index (κ1) is 17.7. The second-order valence-corrected chi connectivity index (χ2v) is 4.79. The van der Waals surface area contributed by atoms with Gasteiger partial charge in [-0.2, -0.15) is 5.10 Å². The van der Waals surface area contributed by atoms with Gasteiger partial charge in [0.2, 0.25) is 0 Å². The summed E-state index contributed by atoms with van der Waals surface area (Å²) in [6.45, 7) is 4.43. The lowest BCUT2D eigenvalue weighted by Crippen LogP contribution is -2.37. The third kappa shape index (κ3) is 5.14. The van der Waals surface area contributed by atoms with Gasteiger partial charge in [0, 0.05) is 19.8 Å². The summed E-state index contributed by atoms with van der Waals surface area (Å²) in [5.41, 5.74) is 7.02. The molecule has 2 N–H and O–H groups in total. The van der Waals surface area contributed by atoms with Gasteiger partial charge in [0.1, 0.15) is 0 Å². The lowest BCUT2D eigenvalue weighted by molar-refractivity contribution is 0.189. The Kier molecular flexibility index (Phi) is 8.61. The molecule has 0 bridgehead atoms. The second-order valence-electron chi connectivity index (χ2n) is 4.79. The van der Waals surface area contributed by atoms with Crippen molar-refractivity contribution >= 4 is 24.8 Å². The first-order chi connectivity index (χ1) is 7.78. The number of piperidine rings is 1. The summed E-state index contributed by atoms with van der Waals surface area (Å²) in [6.07, 6.45) is 7.72. The maximum atomic E-state index is 5.69. The van der Waals surface area contributed by atoms with Crippen LogP contribution < -0.4 is 5.73 Å². The molecular weight excluding hydrogens is 271 g/mol. The molecule has 6 heteroatoms. The molecule has 0 amide bonds. The fraction of sp³-hybridized carbons (Fsp3) is 0.750. The average molecular weight is 295 g/mol. The van der Waals surface area contributed by atoms with Gasteiger partial charge in [0.15, 0.2) is 0 Å². The summed E-state index contributed by atoms with van der Waals surface area (Å²) < 4.78 is 1.87. The summed E-state index contributed by atoms with van der Waals surface area (Å²) in [7, 11) is 1.97. The maximum Gasteiger partial charge on any atom is 0.0522 e. The number of hydrogen-bond acceptors (Lipinski definition) is 3. The number of aryl methyl sites for hydroxylation is 1. The van der Waals surface area contributed by atoms with Crippen LogP contribution >= 0.6 is 24.8 Å². The molecule has 0 saturated carbocycles. The summed E-state index contributed by atoms with van der Waals surface area (Å²) in [4.78, 5) is 2.54. The van der Waals surface area contributed by atoms with Crippen LogP contribution in [0.2, 0.25) is 0 Å². The number of halogens is 2. The molecule has 2 rings (SSSR count). The highest BCUT2D eigenvalue weighted by Gasteiger charge is 2.17. The molecule has 106 valence electrons. The van der Waals surface area contributed by atoms with E-state index in [2.05, 4.69) is 16.2 Å². The van der Waals surface area contributed by atoms with Gasteiger partial charge in [-0.05, 0) is 50.4 Å². The van der Waals surface area contributed by atoms with Crippen LogP contribution in [0, 0.1) is 5.92 Å². The lowest BCUT2D eigenvalue weighted by Gasteiger charge is -2.31. The Labute approximate surface area is 122 Å². The van der Waals surface area contributed by atoms with Crippen LogP contribution in [-0.2, 0) is 13.5 Å². The molecule has 4 nitrogen and oxygen atoms in total. The quantitative estimate of drug-likeness (QED) is 0.915. The third-order valence-electron chi connectivity index (χ3n) is 3.52. The minimum atomic E-state index is 0. The van der Waals surface area contributed by atoms with E-state index in [1.165, 1.54) is 31.5 Å². The molecule has 1 aliphatic rings. The number of likely N-dealkylation sites (tertiary alicyclic amines) is 1. The zero-order valence-electron chi connectivity index (χ0n) is 10.9. The number of rotatable bonds is 4. The van der Waals surface area contributed by atoms with Crippen molar-refractivity contribution in [2.24, 2.45) is 18.7 Å². The van der Waals surface area contributed by atoms with Crippen LogP contribution in [0.5, 0.6) is 0 Å².